The van der Waals surface area contributed by atoms with E-state index in [-0.39, 0.29) is 12.6 Å². The van der Waals surface area contributed by atoms with Crippen molar-refractivity contribution in [3.8, 4) is 0 Å². The number of hydrogen-bond donors (Lipinski definition) is 1. The summed E-state index contributed by atoms with van der Waals surface area (Å²) in [5, 5.41) is 2.21. The first-order valence-electron chi connectivity index (χ1n) is 8.39. The van der Waals surface area contributed by atoms with Gasteiger partial charge >= 0.3 is 6.03 Å². The summed E-state index contributed by atoms with van der Waals surface area (Å²) in [5.41, 5.74) is 1.40. The minimum Gasteiger partial charge on any atom is -0.320 e. The zero-order valence-electron chi connectivity index (χ0n) is 14.3. The van der Waals surface area contributed by atoms with Gasteiger partial charge in [-0.3, -0.25) is 9.69 Å². The smallest absolute Gasteiger partial charge is 0.320 e. The summed E-state index contributed by atoms with van der Waals surface area (Å²) in [4.78, 5) is 27.9. The van der Waals surface area contributed by atoms with Gasteiger partial charge in [0.25, 0.3) is 0 Å². The van der Waals surface area contributed by atoms with Crippen molar-refractivity contribution in [1.82, 2.24) is 4.90 Å². The number of urea groups is 1. The monoisotopic (exact) mass is 359 g/mol. The molecule has 1 heterocycles. The van der Waals surface area contributed by atoms with Crippen molar-refractivity contribution in [2.45, 2.75) is 13.3 Å². The average molecular weight is 359 g/mol. The lowest BCUT2D eigenvalue weighted by atomic mass is 10.2. The van der Waals surface area contributed by atoms with Crippen LogP contribution in [0.3, 0.4) is 0 Å². The van der Waals surface area contributed by atoms with E-state index in [4.69, 9.17) is 0 Å². The van der Waals surface area contributed by atoms with E-state index in [0.29, 0.717) is 13.1 Å². The van der Waals surface area contributed by atoms with Crippen molar-refractivity contribution in [3.63, 3.8) is 0 Å². The molecule has 2 aromatic carbocycles. The molecule has 0 aliphatic carbocycles. The number of carbonyl (C=O) groups excluding carboxylic acids is 2. The van der Waals surface area contributed by atoms with E-state index in [9.17, 15) is 18.4 Å². The first-order valence-corrected chi connectivity index (χ1v) is 8.39. The Hall–Kier alpha value is -2.96. The maximum absolute atomic E-state index is 13.7. The third kappa shape index (κ3) is 3.51. The number of rotatable bonds is 4. The number of hydrogen-bond acceptors (Lipinski definition) is 2. The fraction of sp³-hybridized carbons (Fsp3) is 0.263. The highest BCUT2D eigenvalue weighted by Crippen LogP contribution is 2.28. The molecule has 0 aromatic heterocycles. The molecule has 1 aliphatic heterocycles. The maximum Gasteiger partial charge on any atom is 0.324 e. The Balaban J connectivity index is 1.70. The Labute approximate surface area is 150 Å². The van der Waals surface area contributed by atoms with Crippen molar-refractivity contribution >= 4 is 23.3 Å². The van der Waals surface area contributed by atoms with Gasteiger partial charge in [-0.2, -0.15) is 0 Å². The van der Waals surface area contributed by atoms with Gasteiger partial charge in [0.05, 0.1) is 0 Å². The molecule has 1 aliphatic rings. The molecule has 2 aromatic rings. The number of fused-ring (bicyclic) bond motifs is 1. The van der Waals surface area contributed by atoms with Crippen LogP contribution in [0, 0.1) is 11.6 Å². The predicted molar refractivity (Wildman–Crippen MR) is 95.1 cm³/mol. The van der Waals surface area contributed by atoms with Gasteiger partial charge in [-0.05, 0) is 37.1 Å². The fourth-order valence-electron chi connectivity index (χ4n) is 2.99. The van der Waals surface area contributed by atoms with E-state index in [1.807, 2.05) is 24.3 Å². The van der Waals surface area contributed by atoms with E-state index in [1.54, 1.807) is 11.8 Å². The molecule has 0 spiro atoms. The molecule has 0 bridgehead atoms. The summed E-state index contributed by atoms with van der Waals surface area (Å²) in [7, 11) is 0. The first-order chi connectivity index (χ1) is 12.5. The number of halogens is 2. The Kier molecular flexibility index (Phi) is 5.16. The lowest BCUT2D eigenvalue weighted by Gasteiger charge is -2.27. The molecule has 5 nitrogen and oxygen atoms in total. The topological polar surface area (TPSA) is 52.7 Å². The number of nitrogens with one attached hydrogen (secondary N) is 1. The summed E-state index contributed by atoms with van der Waals surface area (Å²) in [5.74, 6) is -2.38. The minimum atomic E-state index is -0.860. The van der Waals surface area contributed by atoms with E-state index in [0.717, 1.165) is 29.8 Å². The van der Waals surface area contributed by atoms with E-state index in [1.165, 1.54) is 11.0 Å². The van der Waals surface area contributed by atoms with Crippen LogP contribution in [-0.2, 0) is 11.2 Å². The molecule has 0 fully saturated rings. The number of para-hydroxylation sites is 2. The van der Waals surface area contributed by atoms with Crippen LogP contribution in [0.1, 0.15) is 12.5 Å². The van der Waals surface area contributed by atoms with Crippen LogP contribution in [0.2, 0.25) is 0 Å². The Morgan fingerprint density at radius 2 is 1.81 bits per heavy atom. The highest BCUT2D eigenvalue weighted by Gasteiger charge is 2.28. The lowest BCUT2D eigenvalue weighted by molar-refractivity contribution is -0.116. The van der Waals surface area contributed by atoms with Crippen LogP contribution in [0.5, 0.6) is 0 Å². The van der Waals surface area contributed by atoms with Gasteiger partial charge < -0.3 is 10.2 Å². The normalized spacial score (nSPS) is 12.7. The van der Waals surface area contributed by atoms with E-state index < -0.39 is 23.2 Å². The average Bonchev–Trinajstić information content (AvgIpc) is 3.06. The van der Waals surface area contributed by atoms with Gasteiger partial charge in [-0.25, -0.2) is 13.6 Å². The summed E-state index contributed by atoms with van der Waals surface area (Å²) in [6, 6.07) is 10.6. The standard InChI is InChI=1S/C19H19F2N3O2/c1-2-23(12-17(25)22-18-14(20)7-5-8-15(18)21)19(26)24-11-10-13-6-3-4-9-16(13)24/h3-9H,2,10-12H2,1H3,(H,22,25). The van der Waals surface area contributed by atoms with Crippen molar-refractivity contribution < 1.29 is 18.4 Å². The summed E-state index contributed by atoms with van der Waals surface area (Å²) >= 11 is 0. The zero-order chi connectivity index (χ0) is 18.7. The molecule has 3 amide bonds. The Morgan fingerprint density at radius 3 is 2.50 bits per heavy atom. The van der Waals surface area contributed by atoms with Crippen molar-refractivity contribution in [1.29, 1.82) is 0 Å². The van der Waals surface area contributed by atoms with Gasteiger partial charge in [-0.15, -0.1) is 0 Å². The highest BCUT2D eigenvalue weighted by atomic mass is 19.1. The van der Waals surface area contributed by atoms with Crippen LogP contribution < -0.4 is 10.2 Å². The second kappa shape index (κ2) is 7.51. The van der Waals surface area contributed by atoms with Gasteiger partial charge in [0.15, 0.2) is 0 Å². The molecular formula is C19H19F2N3O2. The summed E-state index contributed by atoms with van der Waals surface area (Å²) in [6.07, 6.45) is 0.756. The van der Waals surface area contributed by atoms with E-state index in [2.05, 4.69) is 5.32 Å². The molecule has 0 unspecified atom stereocenters. The number of anilines is 2. The Bertz CT molecular complexity index is 821. The van der Waals surface area contributed by atoms with Crippen LogP contribution in [0.15, 0.2) is 42.5 Å². The second-order valence-corrected chi connectivity index (χ2v) is 5.97. The van der Waals surface area contributed by atoms with Crippen LogP contribution in [0.25, 0.3) is 0 Å². The quantitative estimate of drug-likeness (QED) is 0.910. The van der Waals surface area contributed by atoms with Crippen LogP contribution in [0.4, 0.5) is 25.0 Å². The van der Waals surface area contributed by atoms with Crippen molar-refractivity contribution in [2.75, 3.05) is 29.9 Å². The number of carbonyl (C=O) groups is 2. The van der Waals surface area contributed by atoms with Gasteiger partial charge in [0.1, 0.15) is 23.9 Å². The molecular weight excluding hydrogens is 340 g/mol. The second-order valence-electron chi connectivity index (χ2n) is 5.97. The van der Waals surface area contributed by atoms with Crippen molar-refractivity contribution in [2.24, 2.45) is 0 Å². The SMILES string of the molecule is CCN(CC(=O)Nc1c(F)cccc1F)C(=O)N1CCc2ccccc21. The molecule has 0 saturated heterocycles. The third-order valence-electron chi connectivity index (χ3n) is 4.33. The highest BCUT2D eigenvalue weighted by molar-refractivity contribution is 5.99. The largest absolute Gasteiger partial charge is 0.324 e. The number of nitrogens with zero attached hydrogens (tertiary/aromatic N) is 2. The molecule has 0 radical (unpaired) electrons. The molecule has 3 rings (SSSR count). The molecule has 26 heavy (non-hydrogen) atoms. The van der Waals surface area contributed by atoms with Crippen LogP contribution in [-0.4, -0.2) is 36.5 Å². The maximum atomic E-state index is 13.7. The lowest BCUT2D eigenvalue weighted by Crippen LogP contribution is -2.45. The number of benzene rings is 2. The third-order valence-corrected chi connectivity index (χ3v) is 4.33. The molecule has 0 saturated carbocycles. The molecule has 1 N–H and O–H groups in total. The Morgan fingerprint density at radius 1 is 1.12 bits per heavy atom. The van der Waals surface area contributed by atoms with Gasteiger partial charge in [0, 0.05) is 18.8 Å². The van der Waals surface area contributed by atoms with Gasteiger partial charge in [0.2, 0.25) is 5.91 Å². The number of likely N-dealkylation sites (N-methyl/N-ethyl adjacent to an activating group) is 1. The molecule has 136 valence electrons. The molecule has 7 heteroatoms. The zero-order valence-corrected chi connectivity index (χ0v) is 14.3. The van der Waals surface area contributed by atoms with Crippen LogP contribution >= 0.6 is 0 Å². The first kappa shape index (κ1) is 17.8. The number of amides is 3. The van der Waals surface area contributed by atoms with E-state index >= 15 is 0 Å². The predicted octanol–water partition coefficient (Wildman–Crippen LogP) is 3.41. The fourth-order valence-corrected chi connectivity index (χ4v) is 2.99. The minimum absolute atomic E-state index is 0.290. The summed E-state index contributed by atoms with van der Waals surface area (Å²) < 4.78 is 27.3. The van der Waals surface area contributed by atoms with Crippen molar-refractivity contribution in [3.05, 3.63) is 59.7 Å². The van der Waals surface area contributed by atoms with Gasteiger partial charge in [-0.1, -0.05) is 24.3 Å². The molecule has 0 atom stereocenters. The summed E-state index contributed by atoms with van der Waals surface area (Å²) in [6.45, 7) is 2.29.